The maximum absolute atomic E-state index is 14.6. The number of aliphatic imine (C=N–C) groups is 2. The van der Waals surface area contributed by atoms with Crippen LogP contribution in [0.25, 0.3) is 21.8 Å². The quantitative estimate of drug-likeness (QED) is 0.0181. The summed E-state index contributed by atoms with van der Waals surface area (Å²) < 4.78 is 14.1. The Bertz CT molecular complexity index is 4840. The largest absolute Gasteiger partial charge is 0.370 e. The Balaban J connectivity index is 0.000000247. The van der Waals surface area contributed by atoms with E-state index in [0.717, 1.165) is 103 Å². The van der Waals surface area contributed by atoms with Crippen molar-refractivity contribution in [3.63, 3.8) is 0 Å². The predicted molar refractivity (Wildman–Crippen MR) is 480 cm³/mol. The van der Waals surface area contributed by atoms with Gasteiger partial charge in [0.2, 0.25) is 65.0 Å². The van der Waals surface area contributed by atoms with Crippen LogP contribution in [0.2, 0.25) is 0 Å². The molecule has 12 rings (SSSR count). The molecule has 33 heteroatoms. The highest BCUT2D eigenvalue weighted by Crippen LogP contribution is 2.32. The van der Waals surface area contributed by atoms with Gasteiger partial charge in [0.15, 0.2) is 23.5 Å². The van der Waals surface area contributed by atoms with E-state index in [0.29, 0.717) is 82.7 Å². The molecule has 6 heterocycles. The molecule has 6 aliphatic rings. The third-order valence-electron chi connectivity index (χ3n) is 25.5. The molecule has 32 nitrogen and oxygen atoms in total. The Morgan fingerprint density at radius 1 is 0.488 bits per heavy atom. The summed E-state index contributed by atoms with van der Waals surface area (Å²) >= 11 is 0. The van der Waals surface area contributed by atoms with E-state index in [2.05, 4.69) is 67.8 Å². The fraction of sp³-hybridized carbons (Fsp3) is 0.543. The lowest BCUT2D eigenvalue weighted by atomic mass is 9.84. The number of hydrogen-bond acceptors (Lipinski definition) is 15. The summed E-state index contributed by atoms with van der Waals surface area (Å²) in [6.45, 7) is 2.52. The molecule has 0 radical (unpaired) electrons. The number of guanidine groups is 2. The number of nitrogens with two attached hydrogens (primary N) is 4. The number of nitrogens with zero attached hydrogens (tertiary/aromatic N) is 4. The lowest BCUT2D eigenvalue weighted by Gasteiger charge is -2.32. The average molecular weight is 1750 g/mol. The number of aryl methyl sites for hydroxylation is 1. The van der Waals surface area contributed by atoms with Crippen LogP contribution in [0.5, 0.6) is 0 Å². The van der Waals surface area contributed by atoms with Crippen LogP contribution < -0.4 is 70.8 Å². The number of rotatable bonds is 25. The molecule has 2 saturated carbocycles. The predicted octanol–water partition coefficient (Wildman–Crippen LogP) is 5.85. The van der Waals surface area contributed by atoms with Crippen molar-refractivity contribution in [2.45, 2.75) is 260 Å². The van der Waals surface area contributed by atoms with Crippen molar-refractivity contribution in [3.05, 3.63) is 144 Å². The number of aromatic nitrogens is 2. The van der Waals surface area contributed by atoms with E-state index >= 15 is 0 Å². The van der Waals surface area contributed by atoms with E-state index in [1.807, 2.05) is 91.3 Å². The number of halogens is 1. The van der Waals surface area contributed by atoms with E-state index in [9.17, 15) is 66.7 Å². The monoisotopic (exact) mass is 1750 g/mol. The third-order valence-corrected chi connectivity index (χ3v) is 25.5. The van der Waals surface area contributed by atoms with E-state index in [1.165, 1.54) is 34.9 Å². The fourth-order valence-electron chi connectivity index (χ4n) is 18.7. The molecule has 6 aromatic rings. The van der Waals surface area contributed by atoms with Crippen LogP contribution in [0.15, 0.2) is 126 Å². The third kappa shape index (κ3) is 28.7. The summed E-state index contributed by atoms with van der Waals surface area (Å²) in [6.07, 6.45) is 18.7. The first-order valence-electron chi connectivity index (χ1n) is 45.6. The van der Waals surface area contributed by atoms with Gasteiger partial charge < -0.3 is 90.6 Å². The molecule has 4 aliphatic heterocycles. The second-order valence-electron chi connectivity index (χ2n) is 35.0. The first-order valence-corrected chi connectivity index (χ1v) is 45.6. The number of hydrogen-bond donors (Lipinski definition) is 15. The van der Waals surface area contributed by atoms with Crippen molar-refractivity contribution in [3.8, 4) is 0 Å². The summed E-state index contributed by atoms with van der Waals surface area (Å²) in [5.74, 6) is -7.74. The molecule has 4 aromatic carbocycles. The van der Waals surface area contributed by atoms with Gasteiger partial charge in [-0.25, -0.2) is 4.39 Å². The smallest absolute Gasteiger partial charge is 0.245 e. The minimum absolute atomic E-state index is 0.0376. The molecule has 11 amide bonds. The number of carbonyl (C=O) groups is 13. The van der Waals surface area contributed by atoms with Gasteiger partial charge in [0.05, 0.1) is 12.1 Å². The molecule has 4 saturated heterocycles. The molecule has 2 aromatic heterocycles. The van der Waals surface area contributed by atoms with Crippen molar-refractivity contribution in [2.75, 3.05) is 39.3 Å². The topological polar surface area (TPSA) is 497 Å². The van der Waals surface area contributed by atoms with Crippen LogP contribution in [0.3, 0.4) is 0 Å². The summed E-state index contributed by atoms with van der Waals surface area (Å²) in [5.41, 5.74) is 27.1. The van der Waals surface area contributed by atoms with Crippen molar-refractivity contribution in [1.29, 1.82) is 0 Å². The first-order chi connectivity index (χ1) is 61.3. The van der Waals surface area contributed by atoms with Gasteiger partial charge in [-0.05, 0) is 155 Å². The molecule has 684 valence electrons. The van der Waals surface area contributed by atoms with Crippen LogP contribution >= 0.6 is 0 Å². The van der Waals surface area contributed by atoms with Gasteiger partial charge in [-0.15, -0.1) is 0 Å². The number of nitrogens with one attached hydrogen (secondary N) is 11. The average Bonchev–Trinajstić information content (AvgIpc) is 1.77. The number of amides is 11. The van der Waals surface area contributed by atoms with Gasteiger partial charge >= 0.3 is 0 Å². The van der Waals surface area contributed by atoms with E-state index in [-0.39, 0.29) is 150 Å². The maximum Gasteiger partial charge on any atom is 0.245 e. The Labute approximate surface area is 740 Å². The molecule has 0 unspecified atom stereocenters. The molecule has 6 fully saturated rings. The zero-order valence-corrected chi connectivity index (χ0v) is 72.9. The summed E-state index contributed by atoms with van der Waals surface area (Å²) in [6, 6.07) is 21.5. The molecule has 0 spiro atoms. The van der Waals surface area contributed by atoms with E-state index < -0.39 is 119 Å². The van der Waals surface area contributed by atoms with Crippen LogP contribution in [0.4, 0.5) is 4.39 Å². The molecule has 2 aliphatic carbocycles. The zero-order valence-electron chi connectivity index (χ0n) is 72.9. The van der Waals surface area contributed by atoms with Gasteiger partial charge in [0, 0.05) is 131 Å². The van der Waals surface area contributed by atoms with Crippen LogP contribution in [0.1, 0.15) is 203 Å². The maximum atomic E-state index is 14.6. The minimum Gasteiger partial charge on any atom is -0.370 e. The highest BCUT2D eigenvalue weighted by Gasteiger charge is 2.44. The van der Waals surface area contributed by atoms with Crippen LogP contribution in [0, 0.1) is 29.5 Å². The second-order valence-corrected chi connectivity index (χ2v) is 35.0. The number of H-pyrrole nitrogens is 2. The Morgan fingerprint density at radius 2 is 0.937 bits per heavy atom. The highest BCUT2D eigenvalue weighted by molar-refractivity contribution is 6.00. The molecule has 11 atom stereocenters. The van der Waals surface area contributed by atoms with E-state index in [4.69, 9.17) is 22.9 Å². The number of para-hydroxylation sites is 2. The summed E-state index contributed by atoms with van der Waals surface area (Å²) in [5, 5.41) is 28.1. The van der Waals surface area contributed by atoms with Gasteiger partial charge in [0.25, 0.3) is 0 Å². The highest BCUT2D eigenvalue weighted by atomic mass is 19.1. The lowest BCUT2D eigenvalue weighted by molar-refractivity contribution is -0.142. The van der Waals surface area contributed by atoms with Gasteiger partial charge in [-0.1, -0.05) is 143 Å². The molecule has 0 bridgehead atoms. The summed E-state index contributed by atoms with van der Waals surface area (Å²) in [4.78, 5) is 201. The van der Waals surface area contributed by atoms with Crippen molar-refractivity contribution >= 4 is 110 Å². The van der Waals surface area contributed by atoms with Crippen molar-refractivity contribution in [1.82, 2.24) is 67.6 Å². The fourth-order valence-corrected chi connectivity index (χ4v) is 18.7. The van der Waals surface area contributed by atoms with Crippen molar-refractivity contribution < 1.29 is 66.7 Å². The lowest BCUT2D eigenvalue weighted by Crippen LogP contribution is -2.59. The van der Waals surface area contributed by atoms with Crippen molar-refractivity contribution in [2.24, 2.45) is 56.6 Å². The first kappa shape index (κ1) is 95.6. The normalized spacial score (nSPS) is 23.6. The molecule has 127 heavy (non-hydrogen) atoms. The molecular formula is C94H128FN19O13. The van der Waals surface area contributed by atoms with Crippen LogP contribution in [-0.4, -0.2) is 202 Å². The number of fused-ring (bicyclic) bond motifs is 4. The summed E-state index contributed by atoms with van der Waals surface area (Å²) in [7, 11) is 0. The van der Waals surface area contributed by atoms with Gasteiger partial charge in [-0.3, -0.25) is 72.3 Å². The number of Topliss-reactive ketones (excluding diaryl/α,β-unsaturated/α-hetero) is 2. The number of benzene rings is 4. The standard InChI is InChI=1S/C48H65FN10O7.C46H63N9O6/c1-29(60)55-39(25-31-13-7-15-34(49)23-31)44(63)56-37-18-9-20-52-43(62)32(14-8-21-53-48(50)51)27-42(61)38(26-33-28-54-36-17-6-5-16-35(33)36)57-45(64)40(24-30-11-3-2-4-12-30)58-46(65)41-19-10-22-59(41)47(37)66;47-46(48)50-24-9-16-32-28-40(56)37(27-33-29-51-35-18-8-7-17-34(33)35)53-43(59)38(26-31-14-5-2-6-15-31)54-44(60)39-20-11-25-55(39)45(61)36(19-10-23-49-42(32)58)52-41(57)22-21-30-12-3-1-4-13-30/h5-7,13,15-17,23,28,30,32,37-41,54H,2-4,8-12,14,18-22,24-27H2,1H3,(H,52,62)(H,55,60)(H,56,63)(H,57,64)(H,58,65)(H4,50,51,53);1,3-4,7-8,12-13,17-18,29,31-32,36-39,51H,2,5-6,9-11,14-16,19-28H2,(H,49,58)(H,52,57)(H,53,59)(H,54,60)(H4,47,48,50)/t32-,37+,38+,39+,40-,41+;32-,36+,37+,38-,39+/m11/s1. The van der Waals surface area contributed by atoms with Crippen LogP contribution in [-0.2, 0) is 88.0 Å². The minimum atomic E-state index is -1.19. The van der Waals surface area contributed by atoms with E-state index in [1.54, 1.807) is 6.07 Å². The molecular weight excluding hydrogens is 1620 g/mol. The number of ketones is 2. The number of carbonyl (C=O) groups excluding carboxylic acids is 13. The SMILES string of the molecule is CC(=O)N[C@@H](Cc1cccc(F)c1)C(=O)N[C@H]1CCCNC(=O)[C@H](CCCN=C(N)N)CC(=O)[C@H](Cc2c[nH]c3ccccc23)NC(=O)[C@@H](CC2CCCCC2)NC(=O)[C@@H]2CCCN2C1=O.NC(N)=NCCC[C@@H]1CC(=O)[C@H](Cc2c[nH]c3ccccc23)NC(=O)[C@@H](CC2CCCCC2)NC(=O)[C@@H]2CCCN2C(=O)[C@@H](NC(=O)CCc2ccccc2)CCCNC1=O. The Morgan fingerprint density at radius 3 is 1.40 bits per heavy atom. The van der Waals surface area contributed by atoms with Gasteiger partial charge in [-0.2, -0.15) is 0 Å². The Hall–Kier alpha value is -12.1. The van der Waals surface area contributed by atoms with Gasteiger partial charge in [0.1, 0.15) is 48.1 Å². The Kier molecular flexibility index (Phi) is 36.2. The zero-order chi connectivity index (χ0) is 90.3. The second kappa shape index (κ2) is 48.0. The molecule has 19 N–H and O–H groups in total. The number of aromatic amines is 2.